The minimum absolute atomic E-state index is 0.102. The highest BCUT2D eigenvalue weighted by Crippen LogP contribution is 2.23. The average Bonchev–Trinajstić information content (AvgIpc) is 2.52. The summed E-state index contributed by atoms with van der Waals surface area (Å²) < 4.78 is 0. The van der Waals surface area contributed by atoms with E-state index in [0.717, 1.165) is 24.4 Å². The number of fused-ring (bicyclic) bond motifs is 1. The maximum atomic E-state index is 9.23. The summed E-state index contributed by atoms with van der Waals surface area (Å²) in [6, 6.07) is 10.3. The summed E-state index contributed by atoms with van der Waals surface area (Å²) >= 11 is 0. The Morgan fingerprint density at radius 2 is 2.19 bits per heavy atom. The third-order valence-electron chi connectivity index (χ3n) is 3.40. The van der Waals surface area contributed by atoms with Gasteiger partial charge in [0.2, 0.25) is 0 Å². The minimum Gasteiger partial charge on any atom is -0.395 e. The van der Waals surface area contributed by atoms with E-state index in [9.17, 15) is 5.11 Å². The molecule has 4 nitrogen and oxygen atoms in total. The van der Waals surface area contributed by atoms with Crippen molar-refractivity contribution in [2.75, 3.05) is 31.1 Å². The fraction of sp³-hybridized carbons (Fsp3) is 0.353. The Morgan fingerprint density at radius 1 is 1.38 bits per heavy atom. The fourth-order valence-corrected chi connectivity index (χ4v) is 2.38. The van der Waals surface area contributed by atoms with Gasteiger partial charge in [0, 0.05) is 25.0 Å². The molecule has 0 spiro atoms. The zero-order valence-corrected chi connectivity index (χ0v) is 12.5. The van der Waals surface area contributed by atoms with Crippen LogP contribution in [0.2, 0.25) is 0 Å². The third kappa shape index (κ3) is 3.80. The highest BCUT2D eigenvalue weighted by atomic mass is 16.3. The Labute approximate surface area is 126 Å². The molecule has 112 valence electrons. The third-order valence-corrected chi connectivity index (χ3v) is 3.40. The summed E-state index contributed by atoms with van der Waals surface area (Å²) in [5.74, 6) is 0.885. The fourth-order valence-electron chi connectivity index (χ4n) is 2.38. The first kappa shape index (κ1) is 15.5. The molecule has 2 N–H and O–H groups in total. The summed E-state index contributed by atoms with van der Waals surface area (Å²) in [5, 5.41) is 13.8. The van der Waals surface area contributed by atoms with Crippen LogP contribution in [0.3, 0.4) is 0 Å². The van der Waals surface area contributed by atoms with Crippen molar-refractivity contribution in [3.8, 4) is 0 Å². The van der Waals surface area contributed by atoms with Crippen molar-refractivity contribution >= 4 is 16.7 Å². The van der Waals surface area contributed by atoms with E-state index in [4.69, 9.17) is 4.98 Å². The molecule has 0 saturated carbocycles. The van der Waals surface area contributed by atoms with Crippen molar-refractivity contribution in [2.45, 2.75) is 13.5 Å². The van der Waals surface area contributed by atoms with Gasteiger partial charge < -0.3 is 15.3 Å². The molecule has 21 heavy (non-hydrogen) atoms. The largest absolute Gasteiger partial charge is 0.395 e. The van der Waals surface area contributed by atoms with Crippen LogP contribution in [0.1, 0.15) is 12.5 Å². The van der Waals surface area contributed by atoms with Gasteiger partial charge in [0.1, 0.15) is 5.82 Å². The second-order valence-electron chi connectivity index (χ2n) is 4.90. The van der Waals surface area contributed by atoms with Gasteiger partial charge in [0.05, 0.1) is 12.1 Å². The number of nitrogens with one attached hydrogen (secondary N) is 1. The number of nitrogens with zero attached hydrogens (tertiary/aromatic N) is 2. The molecule has 0 bridgehead atoms. The number of rotatable bonds is 8. The number of aliphatic hydroxyl groups is 1. The van der Waals surface area contributed by atoms with E-state index < -0.39 is 0 Å². The normalized spacial score (nSPS) is 10.8. The van der Waals surface area contributed by atoms with Crippen molar-refractivity contribution in [2.24, 2.45) is 0 Å². The van der Waals surface area contributed by atoms with Gasteiger partial charge in [-0.15, -0.1) is 6.58 Å². The van der Waals surface area contributed by atoms with Crippen LogP contribution in [-0.2, 0) is 6.54 Å². The van der Waals surface area contributed by atoms with E-state index in [1.54, 1.807) is 0 Å². The van der Waals surface area contributed by atoms with Crippen LogP contribution in [-0.4, -0.2) is 36.3 Å². The van der Waals surface area contributed by atoms with Crippen LogP contribution in [0.5, 0.6) is 0 Å². The molecule has 0 amide bonds. The number of hydrogen-bond acceptors (Lipinski definition) is 4. The number of aromatic nitrogens is 1. The van der Waals surface area contributed by atoms with Crippen LogP contribution in [0.4, 0.5) is 5.82 Å². The van der Waals surface area contributed by atoms with Crippen molar-refractivity contribution in [1.29, 1.82) is 0 Å². The minimum atomic E-state index is 0.102. The molecule has 0 aliphatic rings. The molecule has 0 radical (unpaired) electrons. The molecule has 4 heteroatoms. The lowest BCUT2D eigenvalue weighted by atomic mass is 10.1. The van der Waals surface area contributed by atoms with Crippen molar-refractivity contribution in [3.05, 3.63) is 48.6 Å². The van der Waals surface area contributed by atoms with Gasteiger partial charge >= 0.3 is 0 Å². The Bertz CT molecular complexity index is 598. The highest BCUT2D eigenvalue weighted by Gasteiger charge is 2.10. The number of aliphatic hydroxyl groups excluding tert-OH is 1. The van der Waals surface area contributed by atoms with Gasteiger partial charge in [-0.1, -0.05) is 31.2 Å². The van der Waals surface area contributed by atoms with E-state index in [1.807, 2.05) is 29.2 Å². The van der Waals surface area contributed by atoms with E-state index >= 15 is 0 Å². The predicted octanol–water partition coefficient (Wildman–Crippen LogP) is 2.33. The Balaban J connectivity index is 2.45. The first-order chi connectivity index (χ1) is 10.3. The number of anilines is 1. The van der Waals surface area contributed by atoms with Crippen LogP contribution in [0.25, 0.3) is 10.9 Å². The second kappa shape index (κ2) is 7.76. The van der Waals surface area contributed by atoms with Crippen molar-refractivity contribution in [3.63, 3.8) is 0 Å². The first-order valence-corrected chi connectivity index (χ1v) is 7.36. The molecule has 0 fully saturated rings. The maximum absolute atomic E-state index is 9.23. The smallest absolute Gasteiger partial charge is 0.129 e. The van der Waals surface area contributed by atoms with Crippen LogP contribution >= 0.6 is 0 Å². The van der Waals surface area contributed by atoms with Gasteiger partial charge in [-0.05, 0) is 24.2 Å². The van der Waals surface area contributed by atoms with Crippen LogP contribution in [0.15, 0.2) is 43.0 Å². The summed E-state index contributed by atoms with van der Waals surface area (Å²) in [6.45, 7) is 8.95. The van der Waals surface area contributed by atoms with Gasteiger partial charge in [-0.3, -0.25) is 0 Å². The lowest BCUT2D eigenvalue weighted by Crippen LogP contribution is -2.28. The lowest BCUT2D eigenvalue weighted by Gasteiger charge is -2.22. The highest BCUT2D eigenvalue weighted by molar-refractivity contribution is 5.84. The molecular weight excluding hydrogens is 262 g/mol. The average molecular weight is 285 g/mol. The Hall–Kier alpha value is -1.91. The van der Waals surface area contributed by atoms with Gasteiger partial charge in [0.25, 0.3) is 0 Å². The topological polar surface area (TPSA) is 48.4 Å². The van der Waals surface area contributed by atoms with Crippen LogP contribution in [0, 0.1) is 0 Å². The molecule has 0 unspecified atom stereocenters. The molecule has 1 aromatic heterocycles. The molecule has 0 aliphatic carbocycles. The molecule has 2 aromatic rings. The van der Waals surface area contributed by atoms with Gasteiger partial charge in [-0.2, -0.15) is 0 Å². The SMILES string of the molecule is C=CCN(CCO)c1cc(CNCC)c2ccccc2n1. The summed E-state index contributed by atoms with van der Waals surface area (Å²) in [7, 11) is 0. The molecular formula is C17H23N3O. The maximum Gasteiger partial charge on any atom is 0.129 e. The van der Waals surface area contributed by atoms with E-state index in [1.165, 1.54) is 10.9 Å². The monoisotopic (exact) mass is 285 g/mol. The predicted molar refractivity (Wildman–Crippen MR) is 88.6 cm³/mol. The summed E-state index contributed by atoms with van der Waals surface area (Å²) in [5.41, 5.74) is 2.21. The van der Waals surface area contributed by atoms with E-state index in [-0.39, 0.29) is 6.61 Å². The number of hydrogen-bond donors (Lipinski definition) is 2. The molecule has 0 aliphatic heterocycles. The second-order valence-corrected chi connectivity index (χ2v) is 4.90. The standard InChI is InChI=1S/C17H23N3O/c1-3-9-20(10-11-21)17-12-14(13-18-4-2)15-7-5-6-8-16(15)19-17/h3,5-8,12,18,21H,1,4,9-11,13H2,2H3. The molecule has 0 atom stereocenters. The Kier molecular flexibility index (Phi) is 5.72. The first-order valence-electron chi connectivity index (χ1n) is 7.36. The van der Waals surface area contributed by atoms with Crippen molar-refractivity contribution < 1.29 is 5.11 Å². The zero-order valence-electron chi connectivity index (χ0n) is 12.5. The summed E-state index contributed by atoms with van der Waals surface area (Å²) in [4.78, 5) is 6.76. The molecule has 1 heterocycles. The van der Waals surface area contributed by atoms with Crippen LogP contribution < -0.4 is 10.2 Å². The van der Waals surface area contributed by atoms with E-state index in [2.05, 4.69) is 31.0 Å². The van der Waals surface area contributed by atoms with Gasteiger partial charge in [-0.25, -0.2) is 4.98 Å². The number of benzene rings is 1. The van der Waals surface area contributed by atoms with E-state index in [0.29, 0.717) is 13.1 Å². The Morgan fingerprint density at radius 3 is 2.90 bits per heavy atom. The molecule has 2 rings (SSSR count). The molecule has 0 saturated heterocycles. The van der Waals surface area contributed by atoms with Crippen molar-refractivity contribution in [1.82, 2.24) is 10.3 Å². The summed E-state index contributed by atoms with van der Waals surface area (Å²) in [6.07, 6.45) is 1.83. The zero-order chi connectivity index (χ0) is 15.1. The quantitative estimate of drug-likeness (QED) is 0.731. The number of para-hydroxylation sites is 1. The molecule has 1 aromatic carbocycles. The number of pyridine rings is 1. The lowest BCUT2D eigenvalue weighted by molar-refractivity contribution is 0.302. The van der Waals surface area contributed by atoms with Gasteiger partial charge in [0.15, 0.2) is 0 Å².